The van der Waals surface area contributed by atoms with Crippen molar-refractivity contribution in [3.8, 4) is 0 Å². The van der Waals surface area contributed by atoms with Gasteiger partial charge in [-0.15, -0.1) is 0 Å². The van der Waals surface area contributed by atoms with Crippen molar-refractivity contribution < 1.29 is 14.3 Å². The van der Waals surface area contributed by atoms with Crippen molar-refractivity contribution in [3.05, 3.63) is 35.9 Å². The fourth-order valence-corrected chi connectivity index (χ4v) is 3.75. The molecule has 0 amide bonds. The van der Waals surface area contributed by atoms with Crippen molar-refractivity contribution in [1.29, 1.82) is 0 Å². The number of carbonyl (C=O) groups is 2. The summed E-state index contributed by atoms with van der Waals surface area (Å²) in [6.45, 7) is 6.21. The highest BCUT2D eigenvalue weighted by Crippen LogP contribution is 2.30. The maximum Gasteiger partial charge on any atom is 0.311 e. The zero-order chi connectivity index (χ0) is 16.7. The summed E-state index contributed by atoms with van der Waals surface area (Å²) >= 11 is 1.35. The number of thioether (sulfide) groups is 1. The molecule has 0 aromatic heterocycles. The number of likely N-dealkylation sites (tertiary alicyclic amines) is 1. The zero-order valence-electron chi connectivity index (χ0n) is 13.9. The molecule has 23 heavy (non-hydrogen) atoms. The Morgan fingerprint density at radius 3 is 2.52 bits per heavy atom. The molecule has 0 aliphatic carbocycles. The molecule has 1 aliphatic heterocycles. The molecule has 0 saturated carbocycles. The topological polar surface area (TPSA) is 46.6 Å². The Morgan fingerprint density at radius 1 is 1.17 bits per heavy atom. The van der Waals surface area contributed by atoms with E-state index in [-0.39, 0.29) is 22.9 Å². The first kappa shape index (κ1) is 18.0. The van der Waals surface area contributed by atoms with Crippen LogP contribution in [0.25, 0.3) is 0 Å². The quantitative estimate of drug-likeness (QED) is 0.717. The molecule has 1 aliphatic rings. The van der Waals surface area contributed by atoms with Gasteiger partial charge in [0.1, 0.15) is 0 Å². The van der Waals surface area contributed by atoms with Crippen LogP contribution in [0.4, 0.5) is 0 Å². The Kier molecular flexibility index (Phi) is 7.12. The molecule has 1 fully saturated rings. The van der Waals surface area contributed by atoms with Crippen LogP contribution in [-0.4, -0.2) is 41.4 Å². The van der Waals surface area contributed by atoms with Crippen molar-refractivity contribution in [3.63, 3.8) is 0 Å². The van der Waals surface area contributed by atoms with E-state index in [0.717, 1.165) is 18.7 Å². The second-order valence-corrected chi connectivity index (χ2v) is 6.91. The summed E-state index contributed by atoms with van der Waals surface area (Å²) in [5, 5.41) is 0.125. The average Bonchev–Trinajstić information content (AvgIpc) is 2.98. The predicted molar refractivity (Wildman–Crippen MR) is 93.1 cm³/mol. The third-order valence-corrected chi connectivity index (χ3v) is 5.18. The molecule has 0 bridgehead atoms. The number of hydrogen-bond donors (Lipinski definition) is 0. The van der Waals surface area contributed by atoms with Gasteiger partial charge in [-0.25, -0.2) is 0 Å². The van der Waals surface area contributed by atoms with Gasteiger partial charge in [-0.05, 0) is 18.9 Å². The lowest BCUT2D eigenvalue weighted by Gasteiger charge is -2.15. The molecule has 2 rings (SSSR count). The maximum absolute atomic E-state index is 12.4. The number of nitrogens with zero attached hydrogens (tertiary/aromatic N) is 1. The van der Waals surface area contributed by atoms with Gasteiger partial charge in [-0.3, -0.25) is 14.5 Å². The van der Waals surface area contributed by atoms with Crippen molar-refractivity contribution in [2.45, 2.75) is 26.8 Å². The first-order valence-corrected chi connectivity index (χ1v) is 9.23. The van der Waals surface area contributed by atoms with Gasteiger partial charge in [-0.1, -0.05) is 49.0 Å². The molecule has 0 radical (unpaired) electrons. The molecular weight excluding hydrogens is 310 g/mol. The molecule has 2 atom stereocenters. The van der Waals surface area contributed by atoms with Gasteiger partial charge in [0.05, 0.1) is 18.4 Å². The molecule has 5 heteroatoms. The van der Waals surface area contributed by atoms with E-state index in [0.29, 0.717) is 19.7 Å². The van der Waals surface area contributed by atoms with Gasteiger partial charge in [0, 0.05) is 25.4 Å². The number of esters is 1. The van der Waals surface area contributed by atoms with E-state index in [1.165, 1.54) is 17.3 Å². The smallest absolute Gasteiger partial charge is 0.311 e. The summed E-state index contributed by atoms with van der Waals surface area (Å²) in [4.78, 5) is 26.9. The van der Waals surface area contributed by atoms with Crippen molar-refractivity contribution >= 4 is 22.8 Å². The summed E-state index contributed by atoms with van der Waals surface area (Å²) in [7, 11) is 0. The summed E-state index contributed by atoms with van der Waals surface area (Å²) in [5.74, 6) is -0.0211. The monoisotopic (exact) mass is 335 g/mol. The molecule has 0 spiro atoms. The highest BCUT2D eigenvalue weighted by atomic mass is 32.2. The zero-order valence-corrected chi connectivity index (χ0v) is 14.7. The van der Waals surface area contributed by atoms with E-state index in [2.05, 4.69) is 24.0 Å². The second-order valence-electron chi connectivity index (χ2n) is 5.81. The van der Waals surface area contributed by atoms with E-state index in [1.807, 2.05) is 18.2 Å². The minimum atomic E-state index is -0.337. The van der Waals surface area contributed by atoms with Gasteiger partial charge in [0.25, 0.3) is 0 Å². The lowest BCUT2D eigenvalue weighted by Crippen LogP contribution is -2.29. The van der Waals surface area contributed by atoms with Crippen molar-refractivity contribution in [2.24, 2.45) is 11.8 Å². The number of benzene rings is 1. The first-order valence-electron chi connectivity index (χ1n) is 8.25. The Morgan fingerprint density at radius 2 is 1.87 bits per heavy atom. The second kappa shape index (κ2) is 9.08. The third kappa shape index (κ3) is 5.08. The maximum atomic E-state index is 12.4. The van der Waals surface area contributed by atoms with Crippen LogP contribution < -0.4 is 0 Å². The SMILES string of the molecule is CCCSC(=O)C1CN(Cc2ccccc2)CC1C(=O)OCC. The van der Waals surface area contributed by atoms with Crippen LogP contribution >= 0.6 is 11.8 Å². The van der Waals surface area contributed by atoms with Crippen LogP contribution in [0.1, 0.15) is 25.8 Å². The molecule has 1 heterocycles. The number of hydrogen-bond acceptors (Lipinski definition) is 5. The Labute approximate surface area is 142 Å². The molecule has 1 aromatic carbocycles. The van der Waals surface area contributed by atoms with Crippen LogP contribution in [0.2, 0.25) is 0 Å². The highest BCUT2D eigenvalue weighted by molar-refractivity contribution is 8.13. The van der Waals surface area contributed by atoms with Crippen molar-refractivity contribution in [1.82, 2.24) is 4.90 Å². The van der Waals surface area contributed by atoms with Gasteiger partial charge in [-0.2, -0.15) is 0 Å². The Balaban J connectivity index is 2.04. The van der Waals surface area contributed by atoms with Gasteiger partial charge >= 0.3 is 5.97 Å². The molecule has 4 nitrogen and oxygen atoms in total. The Hall–Kier alpha value is -1.33. The van der Waals surface area contributed by atoms with Crippen molar-refractivity contribution in [2.75, 3.05) is 25.4 Å². The van der Waals surface area contributed by atoms with E-state index < -0.39 is 0 Å². The van der Waals surface area contributed by atoms with Crippen LogP contribution in [0.5, 0.6) is 0 Å². The van der Waals surface area contributed by atoms with E-state index in [4.69, 9.17) is 4.74 Å². The summed E-state index contributed by atoms with van der Waals surface area (Å²) in [6, 6.07) is 10.1. The molecule has 126 valence electrons. The predicted octanol–water partition coefficient (Wildman–Crippen LogP) is 2.97. The largest absolute Gasteiger partial charge is 0.466 e. The van der Waals surface area contributed by atoms with E-state index in [1.54, 1.807) is 6.92 Å². The normalized spacial score (nSPS) is 21.3. The standard InChI is InChI=1S/C18H25NO3S/c1-3-10-23-18(21)16-13-19(11-14-8-6-5-7-9-14)12-15(16)17(20)22-4-2/h5-9,15-16H,3-4,10-13H2,1-2H3. The summed E-state index contributed by atoms with van der Waals surface area (Å²) in [5.41, 5.74) is 1.20. The molecular formula is C18H25NO3S. The number of carbonyl (C=O) groups excluding carboxylic acids is 2. The van der Waals surface area contributed by atoms with E-state index in [9.17, 15) is 9.59 Å². The van der Waals surface area contributed by atoms with Gasteiger partial charge in [0.15, 0.2) is 5.12 Å². The Bertz CT molecular complexity index is 520. The molecule has 1 aromatic rings. The fraction of sp³-hybridized carbons (Fsp3) is 0.556. The molecule has 1 saturated heterocycles. The fourth-order valence-electron chi connectivity index (χ4n) is 2.89. The molecule has 2 unspecified atom stereocenters. The van der Waals surface area contributed by atoms with Gasteiger partial charge in [0.2, 0.25) is 0 Å². The molecule has 0 N–H and O–H groups in total. The lowest BCUT2D eigenvalue weighted by atomic mass is 9.98. The number of ether oxygens (including phenoxy) is 1. The minimum absolute atomic E-state index is 0.125. The van der Waals surface area contributed by atoms with Crippen LogP contribution in [0.15, 0.2) is 30.3 Å². The summed E-state index contributed by atoms with van der Waals surface area (Å²) in [6.07, 6.45) is 0.959. The first-order chi connectivity index (χ1) is 11.2. The van der Waals surface area contributed by atoms with Crippen LogP contribution in [0, 0.1) is 11.8 Å². The van der Waals surface area contributed by atoms with E-state index >= 15 is 0 Å². The number of rotatable bonds is 7. The lowest BCUT2D eigenvalue weighted by molar-refractivity contribution is -0.149. The summed E-state index contributed by atoms with van der Waals surface area (Å²) < 4.78 is 5.18. The van der Waals surface area contributed by atoms with Crippen LogP contribution in [-0.2, 0) is 20.9 Å². The van der Waals surface area contributed by atoms with Gasteiger partial charge < -0.3 is 4.74 Å². The average molecular weight is 335 g/mol. The minimum Gasteiger partial charge on any atom is -0.466 e. The van der Waals surface area contributed by atoms with Crippen LogP contribution in [0.3, 0.4) is 0 Å². The third-order valence-electron chi connectivity index (χ3n) is 3.99. The highest BCUT2D eigenvalue weighted by Gasteiger charge is 2.42.